The van der Waals surface area contributed by atoms with Gasteiger partial charge in [-0.25, -0.2) is 22.7 Å². The van der Waals surface area contributed by atoms with E-state index in [9.17, 15) is 23.1 Å². The van der Waals surface area contributed by atoms with Crippen LogP contribution in [0.2, 0.25) is 0 Å². The van der Waals surface area contributed by atoms with Crippen molar-refractivity contribution in [2.24, 2.45) is 0 Å². The van der Waals surface area contributed by atoms with Gasteiger partial charge in [0.15, 0.2) is 0 Å². The SMILES string of the molecule is Cc1cc(C)c(S(=O)(=O)N[C@H]2C[C@@H](COc3ccccc3C(=O)O)N(C(=O)OC(C)(C)C)C2)c(C)c1. The average Bonchev–Trinajstić information content (AvgIpc) is 3.12. The summed E-state index contributed by atoms with van der Waals surface area (Å²) in [4.78, 5) is 26.2. The monoisotopic (exact) mass is 518 g/mol. The molecule has 0 unspecified atom stereocenters. The van der Waals surface area contributed by atoms with E-state index in [0.29, 0.717) is 11.1 Å². The highest BCUT2D eigenvalue weighted by molar-refractivity contribution is 7.89. The molecule has 2 atom stereocenters. The summed E-state index contributed by atoms with van der Waals surface area (Å²) < 4.78 is 40.7. The number of nitrogens with one attached hydrogen (secondary N) is 1. The van der Waals surface area contributed by atoms with E-state index in [4.69, 9.17) is 9.47 Å². The van der Waals surface area contributed by atoms with Gasteiger partial charge in [-0.3, -0.25) is 0 Å². The summed E-state index contributed by atoms with van der Waals surface area (Å²) in [6.45, 7) is 10.7. The number of carboxylic acid groups (broad SMARTS) is 1. The third kappa shape index (κ3) is 6.55. The fourth-order valence-corrected chi connectivity index (χ4v) is 6.22. The minimum absolute atomic E-state index is 0.00175. The lowest BCUT2D eigenvalue weighted by Gasteiger charge is -2.28. The first kappa shape index (κ1) is 27.5. The molecule has 2 aromatic carbocycles. The zero-order chi connectivity index (χ0) is 26.8. The number of para-hydroxylation sites is 1. The van der Waals surface area contributed by atoms with Crippen LogP contribution in [0.4, 0.5) is 4.79 Å². The van der Waals surface area contributed by atoms with Crippen molar-refractivity contribution in [2.75, 3.05) is 13.2 Å². The third-order valence-corrected chi connectivity index (χ3v) is 7.61. The van der Waals surface area contributed by atoms with Crippen molar-refractivity contribution in [3.8, 4) is 5.75 Å². The van der Waals surface area contributed by atoms with Crippen molar-refractivity contribution in [3.05, 3.63) is 58.7 Å². The van der Waals surface area contributed by atoms with Crippen LogP contribution in [0.1, 0.15) is 54.2 Å². The first-order valence-corrected chi connectivity index (χ1v) is 13.2. The number of nitrogens with zero attached hydrogens (tertiary/aromatic N) is 1. The molecule has 0 radical (unpaired) electrons. The van der Waals surface area contributed by atoms with Gasteiger partial charge >= 0.3 is 12.1 Å². The Morgan fingerprint density at radius 1 is 1.11 bits per heavy atom. The number of likely N-dealkylation sites (tertiary alicyclic amines) is 1. The first-order chi connectivity index (χ1) is 16.7. The molecule has 3 rings (SSSR count). The van der Waals surface area contributed by atoms with E-state index in [0.717, 1.165) is 5.56 Å². The number of carbonyl (C=O) groups excluding carboxylic acids is 1. The summed E-state index contributed by atoms with van der Waals surface area (Å²) in [5, 5.41) is 9.42. The molecule has 1 fully saturated rings. The van der Waals surface area contributed by atoms with Crippen LogP contribution in [-0.4, -0.2) is 61.3 Å². The van der Waals surface area contributed by atoms with Crippen LogP contribution < -0.4 is 9.46 Å². The second-order valence-electron chi connectivity index (χ2n) is 10.2. The largest absolute Gasteiger partial charge is 0.491 e. The Bertz CT molecular complexity index is 1230. The number of aromatic carboxylic acids is 1. The van der Waals surface area contributed by atoms with Crippen LogP contribution in [-0.2, 0) is 14.8 Å². The Hall–Kier alpha value is -3.11. The molecule has 1 amide bonds. The fourth-order valence-electron chi connectivity index (χ4n) is 4.53. The number of carbonyl (C=O) groups is 2. The maximum absolute atomic E-state index is 13.3. The molecule has 1 saturated heterocycles. The second kappa shape index (κ2) is 10.5. The third-order valence-electron chi connectivity index (χ3n) is 5.79. The molecule has 2 aromatic rings. The van der Waals surface area contributed by atoms with E-state index >= 15 is 0 Å². The molecule has 0 spiro atoms. The van der Waals surface area contributed by atoms with Gasteiger partial charge in [0.1, 0.15) is 23.5 Å². The highest BCUT2D eigenvalue weighted by Gasteiger charge is 2.40. The quantitative estimate of drug-likeness (QED) is 0.567. The maximum atomic E-state index is 13.3. The minimum Gasteiger partial charge on any atom is -0.491 e. The molecule has 196 valence electrons. The van der Waals surface area contributed by atoms with Crippen LogP contribution in [0.5, 0.6) is 5.75 Å². The van der Waals surface area contributed by atoms with Crippen molar-refractivity contribution in [1.29, 1.82) is 0 Å². The lowest BCUT2D eigenvalue weighted by molar-refractivity contribution is 0.0184. The van der Waals surface area contributed by atoms with Gasteiger partial charge in [0.2, 0.25) is 10.0 Å². The zero-order valence-corrected chi connectivity index (χ0v) is 22.3. The molecular weight excluding hydrogens is 484 g/mol. The van der Waals surface area contributed by atoms with E-state index in [1.54, 1.807) is 52.8 Å². The number of amides is 1. The standard InChI is InChI=1S/C26H34N2O7S/c1-16-11-17(2)23(18(3)12-16)36(32,33)27-19-13-20(28(14-19)25(31)35-26(4,5)6)15-34-22-10-8-7-9-21(22)24(29)30/h7-12,19-20,27H,13-15H2,1-6H3,(H,29,30)/t19-,20-/m0/s1. The Labute approximate surface area is 212 Å². The van der Waals surface area contributed by atoms with Crippen LogP contribution in [0.3, 0.4) is 0 Å². The molecule has 0 aromatic heterocycles. The Morgan fingerprint density at radius 3 is 2.31 bits per heavy atom. The van der Waals surface area contributed by atoms with E-state index < -0.39 is 39.8 Å². The summed E-state index contributed by atoms with van der Waals surface area (Å²) in [6.07, 6.45) is -0.315. The van der Waals surface area contributed by atoms with Crippen molar-refractivity contribution in [2.45, 2.75) is 70.5 Å². The minimum atomic E-state index is -3.86. The van der Waals surface area contributed by atoms with Crippen molar-refractivity contribution in [3.63, 3.8) is 0 Å². The molecule has 9 nitrogen and oxygen atoms in total. The molecular formula is C26H34N2O7S. The number of hydrogen-bond acceptors (Lipinski definition) is 6. The highest BCUT2D eigenvalue weighted by Crippen LogP contribution is 2.27. The second-order valence-corrected chi connectivity index (χ2v) is 11.8. The number of benzene rings is 2. The number of carboxylic acids is 1. The Morgan fingerprint density at radius 2 is 1.72 bits per heavy atom. The van der Waals surface area contributed by atoms with Crippen LogP contribution in [0.25, 0.3) is 0 Å². The van der Waals surface area contributed by atoms with E-state index in [1.807, 2.05) is 19.1 Å². The Balaban J connectivity index is 1.83. The van der Waals surface area contributed by atoms with Crippen molar-refractivity contribution in [1.82, 2.24) is 9.62 Å². The molecule has 1 aliphatic rings. The van der Waals surface area contributed by atoms with Gasteiger partial charge in [-0.2, -0.15) is 0 Å². The lowest BCUT2D eigenvalue weighted by atomic mass is 10.1. The molecule has 10 heteroatoms. The van der Waals surface area contributed by atoms with Crippen molar-refractivity contribution >= 4 is 22.1 Å². The van der Waals surface area contributed by atoms with Gasteiger partial charge in [0.05, 0.1) is 10.9 Å². The van der Waals surface area contributed by atoms with Crippen LogP contribution >= 0.6 is 0 Å². The molecule has 0 saturated carbocycles. The zero-order valence-electron chi connectivity index (χ0n) is 21.5. The fraction of sp³-hybridized carbons (Fsp3) is 0.462. The summed E-state index contributed by atoms with van der Waals surface area (Å²) in [6, 6.07) is 8.75. The highest BCUT2D eigenvalue weighted by atomic mass is 32.2. The van der Waals surface area contributed by atoms with Gasteiger partial charge in [-0.1, -0.05) is 29.8 Å². The lowest BCUT2D eigenvalue weighted by Crippen LogP contribution is -2.43. The number of ether oxygens (including phenoxy) is 2. The van der Waals surface area contributed by atoms with Crippen LogP contribution in [0.15, 0.2) is 41.3 Å². The normalized spacial score (nSPS) is 18.2. The smallest absolute Gasteiger partial charge is 0.410 e. The van der Waals surface area contributed by atoms with Gasteiger partial charge < -0.3 is 19.5 Å². The number of aryl methyl sites for hydroxylation is 3. The first-order valence-electron chi connectivity index (χ1n) is 11.7. The summed E-state index contributed by atoms with van der Waals surface area (Å²) in [5.74, 6) is -0.959. The average molecular weight is 519 g/mol. The van der Waals surface area contributed by atoms with Crippen LogP contribution in [0, 0.1) is 20.8 Å². The Kier molecular flexibility index (Phi) is 8.00. The molecule has 2 N–H and O–H groups in total. The molecule has 1 aliphatic heterocycles. The predicted octanol–water partition coefficient (Wildman–Crippen LogP) is 4.05. The molecule has 1 heterocycles. The maximum Gasteiger partial charge on any atom is 0.410 e. The molecule has 0 aliphatic carbocycles. The van der Waals surface area contributed by atoms with Gasteiger partial charge in [-0.05, 0) is 71.2 Å². The topological polar surface area (TPSA) is 122 Å². The number of hydrogen-bond donors (Lipinski definition) is 2. The summed E-state index contributed by atoms with van der Waals surface area (Å²) in [7, 11) is -3.86. The number of sulfonamides is 1. The van der Waals surface area contributed by atoms with Crippen molar-refractivity contribution < 1.29 is 32.6 Å². The van der Waals surface area contributed by atoms with Gasteiger partial charge in [0, 0.05) is 12.6 Å². The summed E-state index contributed by atoms with van der Waals surface area (Å²) >= 11 is 0. The van der Waals surface area contributed by atoms with E-state index in [2.05, 4.69) is 4.72 Å². The molecule has 36 heavy (non-hydrogen) atoms. The van der Waals surface area contributed by atoms with E-state index in [1.165, 1.54) is 11.0 Å². The van der Waals surface area contributed by atoms with Gasteiger partial charge in [-0.15, -0.1) is 0 Å². The number of rotatable bonds is 7. The predicted molar refractivity (Wildman–Crippen MR) is 135 cm³/mol. The van der Waals surface area contributed by atoms with Gasteiger partial charge in [0.25, 0.3) is 0 Å². The summed E-state index contributed by atoms with van der Waals surface area (Å²) in [5.41, 5.74) is 1.52. The molecule has 0 bridgehead atoms. The van der Waals surface area contributed by atoms with E-state index in [-0.39, 0.29) is 35.8 Å².